The van der Waals surface area contributed by atoms with Gasteiger partial charge in [0, 0.05) is 24.2 Å². The van der Waals surface area contributed by atoms with Crippen LogP contribution in [0.5, 0.6) is 0 Å². The summed E-state index contributed by atoms with van der Waals surface area (Å²) in [5.74, 6) is 0. The van der Waals surface area contributed by atoms with E-state index in [9.17, 15) is 4.79 Å². The molecule has 1 aromatic rings. The fraction of sp³-hybridized carbons (Fsp3) is 0.533. The van der Waals surface area contributed by atoms with Crippen molar-refractivity contribution in [3.63, 3.8) is 0 Å². The van der Waals surface area contributed by atoms with Crippen LogP contribution in [-0.4, -0.2) is 23.5 Å². The van der Waals surface area contributed by atoms with E-state index >= 15 is 0 Å². The number of hydrogen-bond acceptors (Lipinski definition) is 1. The lowest BCUT2D eigenvalue weighted by molar-refractivity contribution is 0.148. The summed E-state index contributed by atoms with van der Waals surface area (Å²) in [6, 6.07) is 8.04. The van der Waals surface area contributed by atoms with Crippen LogP contribution in [0.1, 0.15) is 38.2 Å². The highest BCUT2D eigenvalue weighted by atomic mass is 35.5. The number of hydrogen-bond donors (Lipinski definition) is 1. The van der Waals surface area contributed by atoms with Crippen LogP contribution in [0.4, 0.5) is 4.79 Å². The second-order valence-electron chi connectivity index (χ2n) is 5.00. The van der Waals surface area contributed by atoms with Crippen LogP contribution in [0.2, 0.25) is 5.02 Å². The smallest absolute Gasteiger partial charge is 0.317 e. The highest BCUT2D eigenvalue weighted by Crippen LogP contribution is 2.20. The van der Waals surface area contributed by atoms with Gasteiger partial charge in [0.25, 0.3) is 0 Å². The molecule has 1 N–H and O–H groups in total. The van der Waals surface area contributed by atoms with Crippen LogP contribution in [0.3, 0.4) is 0 Å². The molecule has 0 saturated carbocycles. The molecule has 1 atom stereocenters. The van der Waals surface area contributed by atoms with Crippen molar-refractivity contribution >= 4 is 17.6 Å². The third-order valence-electron chi connectivity index (χ3n) is 3.75. The summed E-state index contributed by atoms with van der Waals surface area (Å²) in [4.78, 5) is 14.2. The van der Waals surface area contributed by atoms with Gasteiger partial charge in [0.2, 0.25) is 0 Å². The van der Waals surface area contributed by atoms with Crippen LogP contribution in [0, 0.1) is 0 Å². The number of nitrogens with one attached hydrogen (secondary N) is 1. The summed E-state index contributed by atoms with van der Waals surface area (Å²) in [6.07, 6.45) is 4.48. The van der Waals surface area contributed by atoms with E-state index in [-0.39, 0.29) is 6.03 Å². The Bertz CT molecular complexity index is 436. The van der Waals surface area contributed by atoms with E-state index in [4.69, 9.17) is 11.6 Å². The molecule has 0 aromatic heterocycles. The number of carbonyl (C=O) groups is 1. The molecule has 1 aliphatic rings. The first-order chi connectivity index (χ1) is 9.22. The average molecular weight is 281 g/mol. The van der Waals surface area contributed by atoms with Crippen LogP contribution in [0.15, 0.2) is 24.3 Å². The Morgan fingerprint density at radius 1 is 1.42 bits per heavy atom. The second kappa shape index (κ2) is 6.80. The Labute approximate surface area is 119 Å². The molecular formula is C15H21ClN2O. The average Bonchev–Trinajstić information content (AvgIpc) is 2.46. The van der Waals surface area contributed by atoms with Gasteiger partial charge in [-0.3, -0.25) is 0 Å². The zero-order chi connectivity index (χ0) is 13.7. The van der Waals surface area contributed by atoms with Gasteiger partial charge < -0.3 is 10.2 Å². The third-order valence-corrected chi connectivity index (χ3v) is 4.12. The Morgan fingerprint density at radius 2 is 2.21 bits per heavy atom. The molecule has 1 aliphatic heterocycles. The zero-order valence-electron chi connectivity index (χ0n) is 11.4. The van der Waals surface area contributed by atoms with Crippen molar-refractivity contribution in [3.05, 3.63) is 34.9 Å². The molecule has 19 heavy (non-hydrogen) atoms. The quantitative estimate of drug-likeness (QED) is 0.897. The number of urea groups is 1. The normalized spacial score (nSPS) is 19.3. The molecule has 0 bridgehead atoms. The lowest BCUT2D eigenvalue weighted by atomic mass is 10.0. The molecule has 1 heterocycles. The van der Waals surface area contributed by atoms with E-state index in [1.807, 2.05) is 29.2 Å². The SMILES string of the molecule is CCC1CCCCN1C(=O)NCc1ccccc1Cl. The molecule has 1 fully saturated rings. The molecule has 1 saturated heterocycles. The molecule has 1 unspecified atom stereocenters. The minimum Gasteiger partial charge on any atom is -0.334 e. The van der Waals surface area contributed by atoms with Crippen molar-refractivity contribution in [1.29, 1.82) is 0 Å². The van der Waals surface area contributed by atoms with E-state index in [1.165, 1.54) is 6.42 Å². The van der Waals surface area contributed by atoms with Gasteiger partial charge in [0.15, 0.2) is 0 Å². The maximum absolute atomic E-state index is 12.2. The number of amides is 2. The third kappa shape index (κ3) is 3.63. The first kappa shape index (κ1) is 14.2. The first-order valence-electron chi connectivity index (χ1n) is 7.00. The van der Waals surface area contributed by atoms with Gasteiger partial charge in [-0.1, -0.05) is 36.7 Å². The molecule has 0 radical (unpaired) electrons. The summed E-state index contributed by atoms with van der Waals surface area (Å²) in [5.41, 5.74) is 0.961. The Kier molecular flexibility index (Phi) is 5.08. The van der Waals surface area contributed by atoms with E-state index in [0.717, 1.165) is 31.4 Å². The fourth-order valence-electron chi connectivity index (χ4n) is 2.61. The van der Waals surface area contributed by atoms with Gasteiger partial charge in [0.05, 0.1) is 0 Å². The van der Waals surface area contributed by atoms with E-state index in [1.54, 1.807) is 0 Å². The molecule has 0 spiro atoms. The van der Waals surface area contributed by atoms with Crippen LogP contribution >= 0.6 is 11.6 Å². The van der Waals surface area contributed by atoms with Crippen molar-refractivity contribution in [2.45, 2.75) is 45.2 Å². The summed E-state index contributed by atoms with van der Waals surface area (Å²) in [7, 11) is 0. The lowest BCUT2D eigenvalue weighted by Gasteiger charge is -2.35. The number of halogens is 1. The Balaban J connectivity index is 1.92. The molecule has 0 aliphatic carbocycles. The standard InChI is InChI=1S/C15H21ClN2O/c1-2-13-8-5-6-10-18(13)15(19)17-11-12-7-3-4-9-14(12)16/h3-4,7,9,13H,2,5-6,8,10-11H2,1H3,(H,17,19). The van der Waals surface area contributed by atoms with Gasteiger partial charge in [0.1, 0.15) is 0 Å². The molecule has 2 amide bonds. The minimum absolute atomic E-state index is 0.0338. The summed E-state index contributed by atoms with van der Waals surface area (Å²) < 4.78 is 0. The summed E-state index contributed by atoms with van der Waals surface area (Å²) in [6.45, 7) is 3.50. The Morgan fingerprint density at radius 3 is 2.95 bits per heavy atom. The summed E-state index contributed by atoms with van der Waals surface area (Å²) >= 11 is 6.08. The predicted molar refractivity (Wildman–Crippen MR) is 78.3 cm³/mol. The molecule has 1 aromatic carbocycles. The predicted octanol–water partition coefficient (Wildman–Crippen LogP) is 3.81. The van der Waals surface area contributed by atoms with Crippen LogP contribution in [0.25, 0.3) is 0 Å². The number of nitrogens with zero attached hydrogens (tertiary/aromatic N) is 1. The van der Waals surface area contributed by atoms with Crippen molar-refractivity contribution in [3.8, 4) is 0 Å². The van der Waals surface area contributed by atoms with Crippen molar-refractivity contribution in [2.24, 2.45) is 0 Å². The monoisotopic (exact) mass is 280 g/mol. The van der Waals surface area contributed by atoms with E-state index in [2.05, 4.69) is 12.2 Å². The van der Waals surface area contributed by atoms with E-state index < -0.39 is 0 Å². The molecule has 3 nitrogen and oxygen atoms in total. The van der Waals surface area contributed by atoms with Gasteiger partial charge in [-0.05, 0) is 37.3 Å². The van der Waals surface area contributed by atoms with E-state index in [0.29, 0.717) is 17.6 Å². The minimum atomic E-state index is 0.0338. The number of carbonyl (C=O) groups excluding carboxylic acids is 1. The summed E-state index contributed by atoms with van der Waals surface area (Å²) in [5, 5.41) is 3.68. The number of rotatable bonds is 3. The topological polar surface area (TPSA) is 32.3 Å². The highest BCUT2D eigenvalue weighted by Gasteiger charge is 2.24. The maximum Gasteiger partial charge on any atom is 0.317 e. The maximum atomic E-state index is 12.2. The van der Waals surface area contributed by atoms with Crippen molar-refractivity contribution < 1.29 is 4.79 Å². The number of benzene rings is 1. The second-order valence-corrected chi connectivity index (χ2v) is 5.41. The molecule has 104 valence electrons. The van der Waals surface area contributed by atoms with Gasteiger partial charge in [-0.25, -0.2) is 4.79 Å². The fourth-order valence-corrected chi connectivity index (χ4v) is 2.81. The first-order valence-corrected chi connectivity index (χ1v) is 7.38. The Hall–Kier alpha value is -1.22. The molecule has 4 heteroatoms. The van der Waals surface area contributed by atoms with Crippen LogP contribution < -0.4 is 5.32 Å². The largest absolute Gasteiger partial charge is 0.334 e. The van der Waals surface area contributed by atoms with Gasteiger partial charge >= 0.3 is 6.03 Å². The highest BCUT2D eigenvalue weighted by molar-refractivity contribution is 6.31. The zero-order valence-corrected chi connectivity index (χ0v) is 12.1. The number of piperidine rings is 1. The van der Waals surface area contributed by atoms with Crippen molar-refractivity contribution in [2.75, 3.05) is 6.54 Å². The number of likely N-dealkylation sites (tertiary alicyclic amines) is 1. The van der Waals surface area contributed by atoms with Gasteiger partial charge in [-0.2, -0.15) is 0 Å². The van der Waals surface area contributed by atoms with Crippen LogP contribution in [-0.2, 0) is 6.54 Å². The molecule has 2 rings (SSSR count). The van der Waals surface area contributed by atoms with Crippen molar-refractivity contribution in [1.82, 2.24) is 10.2 Å². The lowest BCUT2D eigenvalue weighted by Crippen LogP contribution is -2.48. The molecular weight excluding hydrogens is 260 g/mol. The van der Waals surface area contributed by atoms with Gasteiger partial charge in [-0.15, -0.1) is 0 Å².